The summed E-state index contributed by atoms with van der Waals surface area (Å²) >= 11 is 0. The lowest BCUT2D eigenvalue weighted by Gasteiger charge is -2.36. The number of amides is 1. The second-order valence-corrected chi connectivity index (χ2v) is 8.98. The van der Waals surface area contributed by atoms with Gasteiger partial charge in [0.15, 0.2) is 11.6 Å². The number of carbonyl (C=O) groups is 1. The predicted octanol–water partition coefficient (Wildman–Crippen LogP) is 2.98. The van der Waals surface area contributed by atoms with E-state index >= 15 is 0 Å². The number of nitrogens with zero attached hydrogens (tertiary/aromatic N) is 5. The third kappa shape index (κ3) is 5.43. The quantitative estimate of drug-likeness (QED) is 0.401. The normalized spacial score (nSPS) is 14.9. The van der Waals surface area contributed by atoms with Gasteiger partial charge in [0, 0.05) is 38.9 Å². The Morgan fingerprint density at radius 1 is 1.14 bits per heavy atom. The van der Waals surface area contributed by atoms with E-state index in [4.69, 9.17) is 10.5 Å². The van der Waals surface area contributed by atoms with Gasteiger partial charge in [-0.25, -0.2) is 14.4 Å². The topological polar surface area (TPSA) is 124 Å². The van der Waals surface area contributed by atoms with Crippen LogP contribution in [-0.4, -0.2) is 62.9 Å². The summed E-state index contributed by atoms with van der Waals surface area (Å²) in [5, 5.41) is 9.68. The molecule has 10 heteroatoms. The Morgan fingerprint density at radius 3 is 2.65 bits per heavy atom. The summed E-state index contributed by atoms with van der Waals surface area (Å²) in [6.45, 7) is 3.62. The molecule has 5 rings (SSSR count). The molecule has 0 spiro atoms. The zero-order chi connectivity index (χ0) is 25.8. The summed E-state index contributed by atoms with van der Waals surface area (Å²) in [5.41, 5.74) is 8.77. The van der Waals surface area contributed by atoms with Crippen LogP contribution in [0, 0.1) is 17.1 Å². The molecule has 2 aromatic heterocycles. The van der Waals surface area contributed by atoms with Gasteiger partial charge in [-0.05, 0) is 29.7 Å². The highest BCUT2D eigenvalue weighted by atomic mass is 19.1. The molecule has 0 saturated carbocycles. The molecule has 1 amide bonds. The number of aromatic nitrogens is 3. The molecule has 0 aliphatic carbocycles. The number of H-pyrrole nitrogens is 1. The molecule has 3 heterocycles. The minimum atomic E-state index is -0.772. The maximum atomic E-state index is 14.9. The van der Waals surface area contributed by atoms with Crippen molar-refractivity contribution < 1.29 is 13.9 Å². The van der Waals surface area contributed by atoms with Gasteiger partial charge in [0.2, 0.25) is 11.8 Å². The Kier molecular flexibility index (Phi) is 7.07. The van der Waals surface area contributed by atoms with Crippen LogP contribution in [-0.2, 0) is 17.8 Å². The van der Waals surface area contributed by atoms with Crippen LogP contribution in [0.5, 0.6) is 11.6 Å². The zero-order valence-electron chi connectivity index (χ0n) is 20.1. The molecule has 1 fully saturated rings. The van der Waals surface area contributed by atoms with Gasteiger partial charge < -0.3 is 20.4 Å². The summed E-state index contributed by atoms with van der Waals surface area (Å²) < 4.78 is 20.6. The smallest absolute Gasteiger partial charge is 0.239 e. The summed E-state index contributed by atoms with van der Waals surface area (Å²) in [6.07, 6.45) is 2.97. The number of hydrogen-bond donors (Lipinski definition) is 2. The number of fused-ring (bicyclic) bond motifs is 1. The van der Waals surface area contributed by atoms with Crippen molar-refractivity contribution in [2.24, 2.45) is 5.73 Å². The minimum Gasteiger partial charge on any atom is -0.435 e. The van der Waals surface area contributed by atoms with Gasteiger partial charge >= 0.3 is 0 Å². The summed E-state index contributed by atoms with van der Waals surface area (Å²) in [6, 6.07) is 16.0. The highest BCUT2D eigenvalue weighted by molar-refractivity contribution is 5.87. The monoisotopic (exact) mass is 499 g/mol. The van der Waals surface area contributed by atoms with Gasteiger partial charge in [-0.2, -0.15) is 5.26 Å². The predicted molar refractivity (Wildman–Crippen MR) is 135 cm³/mol. The number of nitrogens with one attached hydrogen (secondary N) is 1. The third-order valence-corrected chi connectivity index (χ3v) is 6.46. The van der Waals surface area contributed by atoms with Crippen molar-refractivity contribution in [3.63, 3.8) is 0 Å². The maximum Gasteiger partial charge on any atom is 0.239 e. The van der Waals surface area contributed by atoms with E-state index in [9.17, 15) is 14.4 Å². The Bertz CT molecular complexity index is 1440. The molecule has 1 atom stereocenters. The van der Waals surface area contributed by atoms with E-state index in [1.165, 1.54) is 30.2 Å². The van der Waals surface area contributed by atoms with E-state index in [1.54, 1.807) is 11.0 Å². The molecule has 2 aromatic carbocycles. The molecule has 9 nitrogen and oxygen atoms in total. The number of nitriles is 1. The first-order valence-corrected chi connectivity index (χ1v) is 12.0. The van der Waals surface area contributed by atoms with E-state index in [0.717, 1.165) is 19.6 Å². The van der Waals surface area contributed by atoms with Crippen LogP contribution < -0.4 is 10.5 Å². The highest BCUT2D eigenvalue weighted by Crippen LogP contribution is 2.30. The van der Waals surface area contributed by atoms with Crippen molar-refractivity contribution in [1.82, 2.24) is 24.8 Å². The van der Waals surface area contributed by atoms with Crippen molar-refractivity contribution in [2.75, 3.05) is 26.2 Å². The Labute approximate surface area is 213 Å². The van der Waals surface area contributed by atoms with Crippen LogP contribution in [0.1, 0.15) is 16.7 Å². The van der Waals surface area contributed by atoms with E-state index < -0.39 is 11.9 Å². The number of piperazine rings is 1. The lowest BCUT2D eigenvalue weighted by Crippen LogP contribution is -2.53. The van der Waals surface area contributed by atoms with Crippen LogP contribution in [0.4, 0.5) is 4.39 Å². The second kappa shape index (κ2) is 10.7. The summed E-state index contributed by atoms with van der Waals surface area (Å²) in [4.78, 5) is 28.0. The van der Waals surface area contributed by atoms with Gasteiger partial charge in [0.25, 0.3) is 0 Å². The fourth-order valence-corrected chi connectivity index (χ4v) is 4.50. The van der Waals surface area contributed by atoms with Crippen LogP contribution in [0.3, 0.4) is 0 Å². The number of nitrogens with two attached hydrogens (primary N) is 1. The number of hydrogen-bond acceptors (Lipinski definition) is 7. The largest absolute Gasteiger partial charge is 0.435 e. The fraction of sp³-hybridized carbons (Fsp3) is 0.259. The van der Waals surface area contributed by atoms with E-state index in [2.05, 4.69) is 32.0 Å². The fourth-order valence-electron chi connectivity index (χ4n) is 4.50. The molecule has 1 saturated heterocycles. The SMILES string of the molecule is N#Cc1c[nH]c2ncnc(Oc3ccc(C[C@H](N)C(=O)N4CCN(Cc5ccccc5)CC4)cc3F)c12. The minimum absolute atomic E-state index is 0.0525. The molecule has 188 valence electrons. The van der Waals surface area contributed by atoms with Crippen molar-refractivity contribution in [3.8, 4) is 17.7 Å². The van der Waals surface area contributed by atoms with E-state index in [1.807, 2.05) is 24.3 Å². The second-order valence-electron chi connectivity index (χ2n) is 8.98. The van der Waals surface area contributed by atoms with Crippen molar-refractivity contribution in [1.29, 1.82) is 5.26 Å². The molecule has 0 radical (unpaired) electrons. The molecule has 3 N–H and O–H groups in total. The highest BCUT2D eigenvalue weighted by Gasteiger charge is 2.26. The molecule has 1 aliphatic heterocycles. The van der Waals surface area contributed by atoms with Crippen molar-refractivity contribution in [3.05, 3.63) is 83.6 Å². The molecule has 1 aliphatic rings. The number of aromatic amines is 1. The van der Waals surface area contributed by atoms with E-state index in [-0.39, 0.29) is 24.0 Å². The zero-order valence-corrected chi connectivity index (χ0v) is 20.1. The average molecular weight is 500 g/mol. The van der Waals surface area contributed by atoms with Gasteiger partial charge in [-0.3, -0.25) is 9.69 Å². The van der Waals surface area contributed by atoms with Gasteiger partial charge in [0.1, 0.15) is 18.0 Å². The van der Waals surface area contributed by atoms with Crippen LogP contribution in [0.15, 0.2) is 61.1 Å². The molecule has 4 aromatic rings. The number of halogens is 1. The number of ether oxygens (including phenoxy) is 1. The molecular formula is C27H26FN7O2. The van der Waals surface area contributed by atoms with Crippen LogP contribution in [0.25, 0.3) is 11.0 Å². The third-order valence-electron chi connectivity index (χ3n) is 6.46. The first-order chi connectivity index (χ1) is 18.0. The lowest BCUT2D eigenvalue weighted by atomic mass is 10.0. The molecule has 37 heavy (non-hydrogen) atoms. The molecule has 0 unspecified atom stereocenters. The Balaban J connectivity index is 1.19. The standard InChI is InChI=1S/C27H26FN7O2/c28-21-12-19(6-7-23(21)37-26-24-20(14-29)15-31-25(24)32-17-33-26)13-22(30)27(36)35-10-8-34(9-11-35)16-18-4-2-1-3-5-18/h1-7,12,15,17,22H,8-11,13,16,30H2,(H,31,32,33)/t22-/m0/s1. The van der Waals surface area contributed by atoms with Crippen molar-refractivity contribution >= 4 is 16.9 Å². The Hall–Kier alpha value is -4.33. The van der Waals surface area contributed by atoms with Gasteiger partial charge in [0.05, 0.1) is 17.0 Å². The van der Waals surface area contributed by atoms with Gasteiger partial charge in [-0.1, -0.05) is 36.4 Å². The van der Waals surface area contributed by atoms with Gasteiger partial charge in [-0.15, -0.1) is 0 Å². The summed E-state index contributed by atoms with van der Waals surface area (Å²) in [7, 11) is 0. The number of benzene rings is 2. The first kappa shape index (κ1) is 24.4. The molecule has 0 bridgehead atoms. The first-order valence-electron chi connectivity index (χ1n) is 12.0. The number of carbonyl (C=O) groups excluding carboxylic acids is 1. The van der Waals surface area contributed by atoms with Crippen molar-refractivity contribution in [2.45, 2.75) is 19.0 Å². The maximum absolute atomic E-state index is 14.9. The van der Waals surface area contributed by atoms with E-state index in [0.29, 0.717) is 35.2 Å². The summed E-state index contributed by atoms with van der Waals surface area (Å²) in [5.74, 6) is -0.733. The van der Waals surface area contributed by atoms with Crippen LogP contribution >= 0.6 is 0 Å². The average Bonchev–Trinajstić information content (AvgIpc) is 3.35. The lowest BCUT2D eigenvalue weighted by molar-refractivity contribution is -0.134. The van der Waals surface area contributed by atoms with Crippen LogP contribution in [0.2, 0.25) is 0 Å². The molecular weight excluding hydrogens is 473 g/mol. The number of rotatable bonds is 7. The Morgan fingerprint density at radius 2 is 1.92 bits per heavy atom.